The van der Waals surface area contributed by atoms with Gasteiger partial charge in [-0.3, -0.25) is 0 Å². The van der Waals surface area contributed by atoms with Crippen LogP contribution in [0.2, 0.25) is 0 Å². The van der Waals surface area contributed by atoms with E-state index in [2.05, 4.69) is 24.1 Å². The lowest BCUT2D eigenvalue weighted by Crippen LogP contribution is -2.51. The molecule has 5 heteroatoms. The van der Waals surface area contributed by atoms with E-state index < -0.39 is 0 Å². The molecule has 0 aromatic carbocycles. The normalized spacial score (nSPS) is 23.7. The van der Waals surface area contributed by atoms with E-state index >= 15 is 0 Å². The molecular formula is C10H20N2OS2. The number of ether oxygens (including phenoxy) is 1. The maximum absolute atomic E-state index is 5.39. The minimum Gasteiger partial charge on any atom is -0.383 e. The first-order chi connectivity index (χ1) is 7.15. The summed E-state index contributed by atoms with van der Waals surface area (Å²) in [5.74, 6) is 2.34. The Hall–Kier alpha value is 0. The molecule has 0 radical (unpaired) electrons. The Balaban J connectivity index is 2.37. The van der Waals surface area contributed by atoms with Gasteiger partial charge in [0.15, 0.2) is 5.11 Å². The zero-order chi connectivity index (χ0) is 11.3. The number of hydrogen-bond donors (Lipinski definition) is 1. The van der Waals surface area contributed by atoms with Gasteiger partial charge in [0.05, 0.1) is 6.61 Å². The molecule has 0 spiro atoms. The number of thiocarbonyl (C=S) groups is 1. The fourth-order valence-electron chi connectivity index (χ4n) is 1.61. The third-order valence-electron chi connectivity index (χ3n) is 2.42. The lowest BCUT2D eigenvalue weighted by atomic mass is 10.3. The number of hydrogen-bond acceptors (Lipinski definition) is 3. The summed E-state index contributed by atoms with van der Waals surface area (Å²) in [5.41, 5.74) is 0. The summed E-state index contributed by atoms with van der Waals surface area (Å²) in [4.78, 5) is 2.28. The van der Waals surface area contributed by atoms with Crippen LogP contribution >= 0.6 is 24.0 Å². The quantitative estimate of drug-likeness (QED) is 0.760. The Bertz CT molecular complexity index is 214. The summed E-state index contributed by atoms with van der Waals surface area (Å²) in [5, 5.41) is 4.17. The summed E-state index contributed by atoms with van der Waals surface area (Å²) in [7, 11) is 1.71. The standard InChI is InChI=1S/C10H20N2OS2/c1-8(6-13-3)11-10(14)12-4-5-15-7-9(12)2/h8-9H,4-7H2,1-3H3,(H,11,14). The summed E-state index contributed by atoms with van der Waals surface area (Å²) >= 11 is 7.39. The molecule has 1 aliphatic heterocycles. The van der Waals surface area contributed by atoms with Crippen molar-refractivity contribution in [2.75, 3.05) is 31.8 Å². The lowest BCUT2D eigenvalue weighted by Gasteiger charge is -2.36. The van der Waals surface area contributed by atoms with Gasteiger partial charge in [0, 0.05) is 37.2 Å². The second-order valence-corrected chi connectivity index (χ2v) is 5.46. The number of rotatable bonds is 3. The molecule has 2 unspecified atom stereocenters. The first-order valence-corrected chi connectivity index (χ1v) is 6.85. The number of nitrogens with zero attached hydrogens (tertiary/aromatic N) is 1. The van der Waals surface area contributed by atoms with Gasteiger partial charge in [0.2, 0.25) is 0 Å². The molecule has 0 amide bonds. The van der Waals surface area contributed by atoms with Crippen molar-refractivity contribution in [2.45, 2.75) is 25.9 Å². The van der Waals surface area contributed by atoms with Crippen LogP contribution in [0.4, 0.5) is 0 Å². The first-order valence-electron chi connectivity index (χ1n) is 5.29. The Labute approximate surface area is 102 Å². The van der Waals surface area contributed by atoms with E-state index in [1.807, 2.05) is 11.8 Å². The van der Waals surface area contributed by atoms with Crippen LogP contribution in [0.5, 0.6) is 0 Å². The summed E-state index contributed by atoms with van der Waals surface area (Å²) in [6, 6.07) is 0.822. The van der Waals surface area contributed by atoms with Crippen LogP contribution in [0.25, 0.3) is 0 Å². The van der Waals surface area contributed by atoms with Gasteiger partial charge in [-0.25, -0.2) is 0 Å². The fraction of sp³-hybridized carbons (Fsp3) is 0.900. The molecule has 0 bridgehead atoms. The second kappa shape index (κ2) is 6.55. The molecule has 15 heavy (non-hydrogen) atoms. The molecule has 0 aliphatic carbocycles. The van der Waals surface area contributed by atoms with E-state index in [1.165, 1.54) is 11.5 Å². The Morgan fingerprint density at radius 3 is 3.07 bits per heavy atom. The average molecular weight is 248 g/mol. The fourth-order valence-corrected chi connectivity index (χ4v) is 3.10. The van der Waals surface area contributed by atoms with Crippen molar-refractivity contribution in [2.24, 2.45) is 0 Å². The molecule has 88 valence electrons. The van der Waals surface area contributed by atoms with Crippen LogP contribution < -0.4 is 5.32 Å². The zero-order valence-electron chi connectivity index (χ0n) is 9.66. The zero-order valence-corrected chi connectivity index (χ0v) is 11.3. The van der Waals surface area contributed by atoms with Gasteiger partial charge in [-0.15, -0.1) is 0 Å². The molecular weight excluding hydrogens is 228 g/mol. The topological polar surface area (TPSA) is 24.5 Å². The molecule has 2 atom stereocenters. The third kappa shape index (κ3) is 4.17. The average Bonchev–Trinajstić information content (AvgIpc) is 2.18. The van der Waals surface area contributed by atoms with Crippen molar-refractivity contribution in [3.05, 3.63) is 0 Å². The van der Waals surface area contributed by atoms with Crippen molar-refractivity contribution in [1.82, 2.24) is 10.2 Å². The first kappa shape index (κ1) is 13.1. The highest BCUT2D eigenvalue weighted by Gasteiger charge is 2.21. The van der Waals surface area contributed by atoms with Crippen LogP contribution in [0.15, 0.2) is 0 Å². The summed E-state index contributed by atoms with van der Waals surface area (Å²) < 4.78 is 5.07. The van der Waals surface area contributed by atoms with Crippen LogP contribution in [-0.2, 0) is 4.74 Å². The molecule has 1 heterocycles. The Kier molecular flexibility index (Phi) is 5.71. The summed E-state index contributed by atoms with van der Waals surface area (Å²) in [6.45, 7) is 6.05. The van der Waals surface area contributed by atoms with E-state index in [4.69, 9.17) is 17.0 Å². The van der Waals surface area contributed by atoms with E-state index in [1.54, 1.807) is 7.11 Å². The monoisotopic (exact) mass is 248 g/mol. The predicted octanol–water partition coefficient (Wildman–Crippen LogP) is 1.33. The van der Waals surface area contributed by atoms with Crippen LogP contribution in [-0.4, -0.2) is 53.9 Å². The van der Waals surface area contributed by atoms with Crippen LogP contribution in [0, 0.1) is 0 Å². The third-order valence-corrected chi connectivity index (χ3v) is 3.96. The molecule has 1 aliphatic rings. The maximum Gasteiger partial charge on any atom is 0.169 e. The highest BCUT2D eigenvalue weighted by Crippen LogP contribution is 2.15. The van der Waals surface area contributed by atoms with Gasteiger partial charge >= 0.3 is 0 Å². The summed E-state index contributed by atoms with van der Waals surface area (Å²) in [6.07, 6.45) is 0. The minimum absolute atomic E-state index is 0.282. The second-order valence-electron chi connectivity index (χ2n) is 3.92. The smallest absolute Gasteiger partial charge is 0.169 e. The van der Waals surface area contributed by atoms with Crippen molar-refractivity contribution in [3.8, 4) is 0 Å². The van der Waals surface area contributed by atoms with E-state index in [0.29, 0.717) is 12.6 Å². The van der Waals surface area contributed by atoms with Gasteiger partial charge in [-0.1, -0.05) is 0 Å². The van der Waals surface area contributed by atoms with E-state index in [-0.39, 0.29) is 6.04 Å². The van der Waals surface area contributed by atoms with Gasteiger partial charge < -0.3 is 15.0 Å². The van der Waals surface area contributed by atoms with E-state index in [9.17, 15) is 0 Å². The molecule has 1 N–H and O–H groups in total. The molecule has 1 fully saturated rings. The van der Waals surface area contributed by atoms with Crippen molar-refractivity contribution < 1.29 is 4.74 Å². The van der Waals surface area contributed by atoms with Crippen LogP contribution in [0.3, 0.4) is 0 Å². The minimum atomic E-state index is 0.282. The van der Waals surface area contributed by atoms with Gasteiger partial charge in [-0.05, 0) is 26.1 Å². The number of thioether (sulfide) groups is 1. The van der Waals surface area contributed by atoms with Crippen molar-refractivity contribution >= 4 is 29.1 Å². The predicted molar refractivity (Wildman–Crippen MR) is 70.6 cm³/mol. The lowest BCUT2D eigenvalue weighted by molar-refractivity contribution is 0.177. The molecule has 0 aromatic heterocycles. The maximum atomic E-state index is 5.39. The SMILES string of the molecule is COCC(C)NC(=S)N1CCSCC1C. The Morgan fingerprint density at radius 2 is 2.47 bits per heavy atom. The van der Waals surface area contributed by atoms with Gasteiger partial charge in [0.25, 0.3) is 0 Å². The van der Waals surface area contributed by atoms with Gasteiger partial charge in [-0.2, -0.15) is 11.8 Å². The molecule has 0 aromatic rings. The molecule has 1 rings (SSSR count). The Morgan fingerprint density at radius 1 is 1.73 bits per heavy atom. The number of methoxy groups -OCH3 is 1. The number of nitrogens with one attached hydrogen (secondary N) is 1. The van der Waals surface area contributed by atoms with Crippen molar-refractivity contribution in [1.29, 1.82) is 0 Å². The van der Waals surface area contributed by atoms with Gasteiger partial charge in [0.1, 0.15) is 0 Å². The molecule has 3 nitrogen and oxygen atoms in total. The highest BCUT2D eigenvalue weighted by atomic mass is 32.2. The van der Waals surface area contributed by atoms with Crippen LogP contribution in [0.1, 0.15) is 13.8 Å². The molecule has 1 saturated heterocycles. The van der Waals surface area contributed by atoms with E-state index in [0.717, 1.165) is 11.7 Å². The molecule has 0 saturated carbocycles. The van der Waals surface area contributed by atoms with Crippen molar-refractivity contribution in [3.63, 3.8) is 0 Å². The highest BCUT2D eigenvalue weighted by molar-refractivity contribution is 7.99. The largest absolute Gasteiger partial charge is 0.383 e.